The zero-order chi connectivity index (χ0) is 17.1. The van der Waals surface area contributed by atoms with Crippen LogP contribution >= 0.6 is 0 Å². The van der Waals surface area contributed by atoms with E-state index in [4.69, 9.17) is 4.74 Å². The zero-order valence-electron chi connectivity index (χ0n) is 14.8. The monoisotopic (exact) mass is 338 g/mol. The average molecular weight is 338 g/mol. The smallest absolute Gasteiger partial charge is 0.225 e. The summed E-state index contributed by atoms with van der Waals surface area (Å²) >= 11 is 0. The topological polar surface area (TPSA) is 50.3 Å². The highest BCUT2D eigenvalue weighted by atomic mass is 16.5. The number of fused-ring (bicyclic) bond motifs is 1. The summed E-state index contributed by atoms with van der Waals surface area (Å²) in [5.41, 5.74) is 2.83. The molecule has 0 radical (unpaired) electrons. The van der Waals surface area contributed by atoms with Gasteiger partial charge in [-0.25, -0.2) is 9.97 Å². The maximum Gasteiger partial charge on any atom is 0.225 e. The molecule has 0 bridgehead atoms. The maximum absolute atomic E-state index is 5.52. The number of hydrogen-bond donors (Lipinski definition) is 1. The van der Waals surface area contributed by atoms with E-state index in [2.05, 4.69) is 38.4 Å². The molecule has 2 heterocycles. The van der Waals surface area contributed by atoms with Gasteiger partial charge in [0.1, 0.15) is 5.75 Å². The molecule has 132 valence electrons. The van der Waals surface area contributed by atoms with Crippen molar-refractivity contribution in [1.29, 1.82) is 0 Å². The van der Waals surface area contributed by atoms with Gasteiger partial charge in [0.15, 0.2) is 0 Å². The lowest BCUT2D eigenvalue weighted by atomic mass is 9.87. The van der Waals surface area contributed by atoms with E-state index in [9.17, 15) is 0 Å². The highest BCUT2D eigenvalue weighted by Crippen LogP contribution is 2.30. The molecule has 5 nitrogen and oxygen atoms in total. The van der Waals surface area contributed by atoms with Gasteiger partial charge in [0.25, 0.3) is 0 Å². The lowest BCUT2D eigenvalue weighted by Gasteiger charge is -2.36. The van der Waals surface area contributed by atoms with Crippen LogP contribution in [0.3, 0.4) is 0 Å². The first kappa shape index (κ1) is 16.3. The van der Waals surface area contributed by atoms with Crippen LogP contribution in [0.25, 0.3) is 0 Å². The number of ether oxygens (including phenoxy) is 1. The molecule has 0 saturated carbocycles. The second kappa shape index (κ2) is 7.40. The van der Waals surface area contributed by atoms with Crippen molar-refractivity contribution in [3.8, 4) is 5.75 Å². The molecule has 0 unspecified atom stereocenters. The number of rotatable bonds is 4. The van der Waals surface area contributed by atoms with Crippen LogP contribution in [0.1, 0.15) is 30.4 Å². The van der Waals surface area contributed by atoms with Gasteiger partial charge in [-0.15, -0.1) is 0 Å². The van der Waals surface area contributed by atoms with E-state index in [-0.39, 0.29) is 0 Å². The van der Waals surface area contributed by atoms with Crippen molar-refractivity contribution in [1.82, 2.24) is 15.3 Å². The van der Waals surface area contributed by atoms with E-state index in [0.717, 1.165) is 37.6 Å². The Kier molecular flexibility index (Phi) is 4.83. The standard InChI is InChI=1S/C20H26N4O/c1-25-19-7-2-5-15-13-16(8-9-18(15)19)23-17-6-3-12-24(14-17)20-21-10-4-11-22-20/h2,4-5,7,10-11,16-17,23H,3,6,8-9,12-14H2,1H3/t16-,17+/m1/s1. The van der Waals surface area contributed by atoms with Crippen molar-refractivity contribution in [3.63, 3.8) is 0 Å². The molecule has 2 atom stereocenters. The largest absolute Gasteiger partial charge is 0.496 e. The van der Waals surface area contributed by atoms with Gasteiger partial charge in [0.05, 0.1) is 7.11 Å². The van der Waals surface area contributed by atoms with Crippen molar-refractivity contribution in [2.45, 2.75) is 44.2 Å². The summed E-state index contributed by atoms with van der Waals surface area (Å²) in [4.78, 5) is 11.1. The zero-order valence-corrected chi connectivity index (χ0v) is 14.8. The molecule has 2 aromatic rings. The maximum atomic E-state index is 5.52. The van der Waals surface area contributed by atoms with E-state index >= 15 is 0 Å². The Bertz CT molecular complexity index is 706. The highest BCUT2D eigenvalue weighted by molar-refractivity contribution is 5.42. The Morgan fingerprint density at radius 1 is 1.12 bits per heavy atom. The third kappa shape index (κ3) is 3.61. The predicted molar refractivity (Wildman–Crippen MR) is 99.2 cm³/mol. The fraction of sp³-hybridized carbons (Fsp3) is 0.500. The summed E-state index contributed by atoms with van der Waals surface area (Å²) in [5, 5.41) is 3.90. The number of methoxy groups -OCH3 is 1. The molecular weight excluding hydrogens is 312 g/mol. The van der Waals surface area contributed by atoms with Gasteiger partial charge in [0.2, 0.25) is 5.95 Å². The molecular formula is C20H26N4O. The highest BCUT2D eigenvalue weighted by Gasteiger charge is 2.26. The number of nitrogens with one attached hydrogen (secondary N) is 1. The van der Waals surface area contributed by atoms with E-state index in [1.54, 1.807) is 7.11 Å². The van der Waals surface area contributed by atoms with Crippen LogP contribution in [-0.4, -0.2) is 42.3 Å². The minimum Gasteiger partial charge on any atom is -0.496 e. The Balaban J connectivity index is 1.39. The van der Waals surface area contributed by atoms with Gasteiger partial charge in [-0.05, 0) is 55.4 Å². The summed E-state index contributed by atoms with van der Waals surface area (Å²) in [7, 11) is 1.77. The fourth-order valence-electron chi connectivity index (χ4n) is 4.19. The van der Waals surface area contributed by atoms with Crippen LogP contribution < -0.4 is 15.0 Å². The summed E-state index contributed by atoms with van der Waals surface area (Å²) in [5.74, 6) is 1.90. The molecule has 1 saturated heterocycles. The minimum atomic E-state index is 0.509. The Morgan fingerprint density at radius 3 is 2.84 bits per heavy atom. The molecule has 4 rings (SSSR count). The molecule has 1 aromatic carbocycles. The molecule has 1 N–H and O–H groups in total. The van der Waals surface area contributed by atoms with Gasteiger partial charge in [-0.2, -0.15) is 0 Å². The second-order valence-electron chi connectivity index (χ2n) is 7.04. The Labute approximate surface area is 149 Å². The first-order valence-corrected chi connectivity index (χ1v) is 9.26. The van der Waals surface area contributed by atoms with Crippen LogP contribution in [0.15, 0.2) is 36.7 Å². The van der Waals surface area contributed by atoms with E-state index in [0.29, 0.717) is 12.1 Å². The number of nitrogens with zero attached hydrogens (tertiary/aromatic N) is 3. The van der Waals surface area contributed by atoms with Crippen molar-refractivity contribution in [2.24, 2.45) is 0 Å². The van der Waals surface area contributed by atoms with Crippen LogP contribution in [0, 0.1) is 0 Å². The Hall–Kier alpha value is -2.14. The number of piperidine rings is 1. The summed E-state index contributed by atoms with van der Waals surface area (Å²) < 4.78 is 5.52. The third-order valence-electron chi connectivity index (χ3n) is 5.39. The van der Waals surface area contributed by atoms with E-state index in [1.807, 2.05) is 18.5 Å². The van der Waals surface area contributed by atoms with Crippen LogP contribution in [0.4, 0.5) is 5.95 Å². The number of hydrogen-bond acceptors (Lipinski definition) is 5. The lowest BCUT2D eigenvalue weighted by Crippen LogP contribution is -2.50. The second-order valence-corrected chi connectivity index (χ2v) is 7.04. The van der Waals surface area contributed by atoms with Crippen molar-refractivity contribution < 1.29 is 4.74 Å². The fourth-order valence-corrected chi connectivity index (χ4v) is 4.19. The van der Waals surface area contributed by atoms with E-state index in [1.165, 1.54) is 30.4 Å². The number of benzene rings is 1. The first-order valence-electron chi connectivity index (χ1n) is 9.26. The van der Waals surface area contributed by atoms with Gasteiger partial charge < -0.3 is 15.0 Å². The molecule has 2 aliphatic rings. The van der Waals surface area contributed by atoms with Crippen molar-refractivity contribution >= 4 is 5.95 Å². The quantitative estimate of drug-likeness (QED) is 0.929. The summed E-state index contributed by atoms with van der Waals surface area (Å²) in [6, 6.07) is 9.35. The normalized spacial score (nSPS) is 23.2. The predicted octanol–water partition coefficient (Wildman–Crippen LogP) is 2.60. The van der Waals surface area contributed by atoms with Gasteiger partial charge in [-0.3, -0.25) is 0 Å². The molecule has 1 fully saturated rings. The molecule has 1 aliphatic heterocycles. The molecule has 1 aliphatic carbocycles. The van der Waals surface area contributed by atoms with Crippen LogP contribution in [0.5, 0.6) is 5.75 Å². The first-order chi connectivity index (χ1) is 12.3. The molecule has 5 heteroatoms. The van der Waals surface area contributed by atoms with Gasteiger partial charge in [0, 0.05) is 37.6 Å². The number of anilines is 1. The van der Waals surface area contributed by atoms with Crippen LogP contribution in [-0.2, 0) is 12.8 Å². The SMILES string of the molecule is COc1cccc2c1CC[C@@H](N[C@H]1CCCN(c3ncccn3)C1)C2. The summed E-state index contributed by atoms with van der Waals surface area (Å²) in [6.45, 7) is 2.04. The lowest BCUT2D eigenvalue weighted by molar-refractivity contribution is 0.345. The minimum absolute atomic E-state index is 0.509. The Morgan fingerprint density at radius 2 is 2.00 bits per heavy atom. The number of aromatic nitrogens is 2. The van der Waals surface area contributed by atoms with Gasteiger partial charge in [-0.1, -0.05) is 12.1 Å². The molecule has 0 spiro atoms. The summed E-state index contributed by atoms with van der Waals surface area (Å²) in [6.07, 6.45) is 9.42. The van der Waals surface area contributed by atoms with Crippen molar-refractivity contribution in [2.75, 3.05) is 25.1 Å². The van der Waals surface area contributed by atoms with Gasteiger partial charge >= 0.3 is 0 Å². The average Bonchev–Trinajstić information content (AvgIpc) is 2.68. The third-order valence-corrected chi connectivity index (χ3v) is 5.39. The molecule has 25 heavy (non-hydrogen) atoms. The molecule has 1 aromatic heterocycles. The van der Waals surface area contributed by atoms with E-state index < -0.39 is 0 Å². The van der Waals surface area contributed by atoms with Crippen LogP contribution in [0.2, 0.25) is 0 Å². The molecule has 0 amide bonds. The van der Waals surface area contributed by atoms with Crippen molar-refractivity contribution in [3.05, 3.63) is 47.8 Å².